The number of hydrogen-bond donors (Lipinski definition) is 0. The topological polar surface area (TPSA) is 74.2 Å². The minimum absolute atomic E-state index is 0.135. The molecule has 0 radical (unpaired) electrons. The molecule has 0 atom stereocenters. The summed E-state index contributed by atoms with van der Waals surface area (Å²) < 4.78 is 15.8. The highest BCUT2D eigenvalue weighted by molar-refractivity contribution is 5.98. The number of carbonyl (C=O) groups excluding carboxylic acids is 1. The van der Waals surface area contributed by atoms with Crippen molar-refractivity contribution in [3.63, 3.8) is 0 Å². The van der Waals surface area contributed by atoms with Gasteiger partial charge < -0.3 is 14.2 Å². The van der Waals surface area contributed by atoms with E-state index in [9.17, 15) is 9.70 Å². The Hall–Kier alpha value is -2.63. The van der Waals surface area contributed by atoms with Gasteiger partial charge in [0.15, 0.2) is 0 Å². The van der Waals surface area contributed by atoms with Crippen molar-refractivity contribution < 1.29 is 19.0 Å². The molecule has 0 aliphatic carbocycles. The Morgan fingerprint density at radius 3 is 2.43 bits per heavy atom. The van der Waals surface area contributed by atoms with Crippen LogP contribution in [0.5, 0.6) is 17.2 Å². The van der Waals surface area contributed by atoms with Crippen LogP contribution in [0.3, 0.4) is 0 Å². The van der Waals surface area contributed by atoms with E-state index in [1.165, 1.54) is 21.1 Å². The summed E-state index contributed by atoms with van der Waals surface area (Å²) in [5, 5.41) is 4.32. The van der Waals surface area contributed by atoms with Gasteiger partial charge in [0.25, 0.3) is 0 Å². The summed E-state index contributed by atoms with van der Waals surface area (Å²) in [4.78, 5) is 22.0. The van der Waals surface area contributed by atoms with Crippen molar-refractivity contribution in [2.45, 2.75) is 13.5 Å². The molecule has 0 bridgehead atoms. The molecule has 6 nitrogen and oxygen atoms in total. The molecule has 0 saturated carbocycles. The van der Waals surface area contributed by atoms with Gasteiger partial charge >= 0.3 is 5.97 Å². The van der Waals surface area contributed by atoms with E-state index >= 15 is 0 Å². The van der Waals surface area contributed by atoms with Gasteiger partial charge in [0.2, 0.25) is 0 Å². The van der Waals surface area contributed by atoms with E-state index < -0.39 is 5.97 Å². The van der Waals surface area contributed by atoms with Gasteiger partial charge in [-0.3, -0.25) is 4.79 Å². The fraction of sp³-hybridized carbons (Fsp3) is 0.267. The van der Waals surface area contributed by atoms with Crippen molar-refractivity contribution >= 4 is 16.7 Å². The van der Waals surface area contributed by atoms with Crippen LogP contribution in [-0.4, -0.2) is 20.2 Å². The predicted molar refractivity (Wildman–Crippen MR) is 77.9 cm³/mol. The molecule has 0 amide bonds. The van der Waals surface area contributed by atoms with Gasteiger partial charge in [0.1, 0.15) is 23.8 Å². The van der Waals surface area contributed by atoms with Crippen LogP contribution in [0.25, 0.3) is 10.8 Å². The standard InChI is InChI=1S/C15H15NO5/c1-9(17)21-14-7-13(20-3)10-5-4-6-12(19-2)15(10)11(14)8-16-18/h4-7H,8H2,1-3H3. The molecule has 21 heavy (non-hydrogen) atoms. The molecule has 0 fully saturated rings. The minimum Gasteiger partial charge on any atom is -0.496 e. The lowest BCUT2D eigenvalue weighted by Gasteiger charge is -2.16. The second-order valence-electron chi connectivity index (χ2n) is 4.32. The first-order chi connectivity index (χ1) is 10.1. The molecule has 6 heteroatoms. The van der Waals surface area contributed by atoms with Crippen molar-refractivity contribution in [2.24, 2.45) is 5.18 Å². The zero-order chi connectivity index (χ0) is 15.4. The highest BCUT2D eigenvalue weighted by Gasteiger charge is 2.18. The molecular weight excluding hydrogens is 274 g/mol. The van der Waals surface area contributed by atoms with Crippen LogP contribution in [0.15, 0.2) is 29.4 Å². The first-order valence-electron chi connectivity index (χ1n) is 6.26. The maximum Gasteiger partial charge on any atom is 0.308 e. The Morgan fingerprint density at radius 2 is 1.86 bits per heavy atom. The van der Waals surface area contributed by atoms with Crippen LogP contribution in [-0.2, 0) is 11.3 Å². The number of hydrogen-bond acceptors (Lipinski definition) is 6. The molecule has 2 rings (SSSR count). The Labute approximate surface area is 121 Å². The third kappa shape index (κ3) is 2.79. The number of methoxy groups -OCH3 is 2. The van der Waals surface area contributed by atoms with Crippen molar-refractivity contribution in [3.05, 3.63) is 34.7 Å². The molecule has 0 saturated heterocycles. The summed E-state index contributed by atoms with van der Waals surface area (Å²) >= 11 is 0. The summed E-state index contributed by atoms with van der Waals surface area (Å²) in [6.07, 6.45) is 0. The van der Waals surface area contributed by atoms with Gasteiger partial charge in [-0.15, -0.1) is 0 Å². The van der Waals surface area contributed by atoms with Crippen molar-refractivity contribution in [3.8, 4) is 17.2 Å². The molecule has 2 aromatic carbocycles. The minimum atomic E-state index is -0.488. The lowest BCUT2D eigenvalue weighted by atomic mass is 10.0. The van der Waals surface area contributed by atoms with Gasteiger partial charge in [0, 0.05) is 29.3 Å². The fourth-order valence-corrected chi connectivity index (χ4v) is 2.26. The van der Waals surface area contributed by atoms with E-state index in [0.717, 1.165) is 5.39 Å². The second kappa shape index (κ2) is 6.21. The Balaban J connectivity index is 2.86. The molecule has 110 valence electrons. The number of ether oxygens (including phenoxy) is 3. The van der Waals surface area contributed by atoms with Crippen LogP contribution in [0, 0.1) is 4.91 Å². The monoisotopic (exact) mass is 289 g/mol. The van der Waals surface area contributed by atoms with E-state index in [2.05, 4.69) is 5.18 Å². The summed E-state index contributed by atoms with van der Waals surface area (Å²) in [6.45, 7) is 1.15. The molecule has 0 aliphatic rings. The number of benzene rings is 2. The largest absolute Gasteiger partial charge is 0.496 e. The zero-order valence-electron chi connectivity index (χ0n) is 12.0. The van der Waals surface area contributed by atoms with Crippen molar-refractivity contribution in [1.82, 2.24) is 0 Å². The summed E-state index contributed by atoms with van der Waals surface area (Å²) in [5.74, 6) is 0.836. The van der Waals surface area contributed by atoms with Gasteiger partial charge in [-0.1, -0.05) is 17.3 Å². The first kappa shape index (κ1) is 14.8. The number of nitrogens with zero attached hydrogens (tertiary/aromatic N) is 1. The molecule has 0 heterocycles. The Kier molecular flexibility index (Phi) is 4.37. The third-order valence-electron chi connectivity index (χ3n) is 3.07. The lowest BCUT2D eigenvalue weighted by Crippen LogP contribution is -2.05. The second-order valence-corrected chi connectivity index (χ2v) is 4.32. The van der Waals surface area contributed by atoms with E-state index in [-0.39, 0.29) is 12.3 Å². The normalized spacial score (nSPS) is 10.2. The quantitative estimate of drug-likeness (QED) is 0.480. The van der Waals surface area contributed by atoms with Gasteiger partial charge in [-0.2, -0.15) is 4.91 Å². The van der Waals surface area contributed by atoms with Crippen molar-refractivity contribution in [2.75, 3.05) is 14.2 Å². The number of nitroso groups, excluding NO2 is 1. The van der Waals surface area contributed by atoms with Gasteiger partial charge in [-0.25, -0.2) is 0 Å². The van der Waals surface area contributed by atoms with Crippen molar-refractivity contribution in [1.29, 1.82) is 0 Å². The summed E-state index contributed by atoms with van der Waals surface area (Å²) in [6, 6.07) is 6.98. The summed E-state index contributed by atoms with van der Waals surface area (Å²) in [7, 11) is 3.04. The maximum absolute atomic E-state index is 11.3. The molecule has 0 aliphatic heterocycles. The third-order valence-corrected chi connectivity index (χ3v) is 3.07. The smallest absolute Gasteiger partial charge is 0.308 e. The van der Waals surface area contributed by atoms with E-state index in [0.29, 0.717) is 22.4 Å². The highest BCUT2D eigenvalue weighted by Crippen LogP contribution is 2.41. The average molecular weight is 289 g/mol. The molecule has 0 spiro atoms. The fourth-order valence-electron chi connectivity index (χ4n) is 2.26. The summed E-state index contributed by atoms with van der Waals surface area (Å²) in [5.41, 5.74) is 0.494. The van der Waals surface area contributed by atoms with E-state index in [4.69, 9.17) is 14.2 Å². The zero-order valence-corrected chi connectivity index (χ0v) is 12.0. The number of rotatable bonds is 5. The van der Waals surface area contributed by atoms with Crippen LogP contribution in [0.1, 0.15) is 12.5 Å². The Morgan fingerprint density at radius 1 is 1.14 bits per heavy atom. The van der Waals surface area contributed by atoms with Crippen LogP contribution < -0.4 is 14.2 Å². The molecule has 0 N–H and O–H groups in total. The highest BCUT2D eigenvalue weighted by atomic mass is 16.5. The number of carbonyl (C=O) groups is 1. The first-order valence-corrected chi connectivity index (χ1v) is 6.26. The van der Waals surface area contributed by atoms with E-state index in [1.54, 1.807) is 12.1 Å². The molecular formula is C15H15NO5. The Bertz CT molecular complexity index is 696. The molecule has 0 unspecified atom stereocenters. The molecule has 2 aromatic rings. The van der Waals surface area contributed by atoms with E-state index in [1.807, 2.05) is 12.1 Å². The van der Waals surface area contributed by atoms with Crippen LogP contribution >= 0.6 is 0 Å². The van der Waals surface area contributed by atoms with Crippen LogP contribution in [0.2, 0.25) is 0 Å². The maximum atomic E-state index is 11.3. The average Bonchev–Trinajstić information content (AvgIpc) is 2.48. The molecule has 0 aromatic heterocycles. The van der Waals surface area contributed by atoms with Gasteiger partial charge in [-0.05, 0) is 6.07 Å². The number of fused-ring (bicyclic) bond motifs is 1. The SMILES string of the molecule is COc1cc(OC(C)=O)c(CN=O)c2c(OC)cccc12. The van der Waals surface area contributed by atoms with Gasteiger partial charge in [0.05, 0.1) is 14.2 Å². The predicted octanol–water partition coefficient (Wildman–Crippen LogP) is 3.05. The van der Waals surface area contributed by atoms with Crippen LogP contribution in [0.4, 0.5) is 0 Å². The lowest BCUT2D eigenvalue weighted by molar-refractivity contribution is -0.131. The number of esters is 1.